The van der Waals surface area contributed by atoms with Crippen LogP contribution in [0.15, 0.2) is 24.3 Å². The Balaban J connectivity index is 1.69. The zero-order valence-corrected chi connectivity index (χ0v) is 9.36. The van der Waals surface area contributed by atoms with E-state index in [2.05, 4.69) is 0 Å². The van der Waals surface area contributed by atoms with E-state index in [1.807, 2.05) is 6.07 Å². The molecule has 1 aromatic rings. The van der Waals surface area contributed by atoms with Crippen LogP contribution in [-0.4, -0.2) is 6.10 Å². The molecule has 3 rings (SSSR count). The van der Waals surface area contributed by atoms with E-state index in [9.17, 15) is 4.39 Å². The van der Waals surface area contributed by atoms with Crippen LogP contribution in [0.25, 0.3) is 0 Å². The predicted molar refractivity (Wildman–Crippen MR) is 60.9 cm³/mol. The average molecular weight is 220 g/mol. The van der Waals surface area contributed by atoms with Crippen molar-refractivity contribution in [3.05, 3.63) is 30.1 Å². The maximum absolute atomic E-state index is 13.4. The lowest BCUT2D eigenvalue weighted by molar-refractivity contribution is 0.114. The van der Waals surface area contributed by atoms with Crippen molar-refractivity contribution in [3.63, 3.8) is 0 Å². The second kappa shape index (κ2) is 4.08. The number of ether oxygens (including phenoxy) is 1. The highest BCUT2D eigenvalue weighted by Gasteiger charge is 2.35. The first-order chi connectivity index (χ1) is 7.81. The molecule has 2 aliphatic rings. The summed E-state index contributed by atoms with van der Waals surface area (Å²) in [6, 6.07) is 6.72. The van der Waals surface area contributed by atoms with Crippen LogP contribution in [-0.2, 0) is 0 Å². The van der Waals surface area contributed by atoms with Crippen molar-refractivity contribution in [2.24, 2.45) is 11.8 Å². The van der Waals surface area contributed by atoms with Gasteiger partial charge in [0, 0.05) is 0 Å². The SMILES string of the molecule is Fc1ccccc1O[C@H]1C[C@@H]2CC[C@@H](C2)C1. The van der Waals surface area contributed by atoms with Gasteiger partial charge < -0.3 is 4.74 Å². The van der Waals surface area contributed by atoms with Gasteiger partial charge in [-0.2, -0.15) is 0 Å². The Morgan fingerprint density at radius 3 is 2.38 bits per heavy atom. The summed E-state index contributed by atoms with van der Waals surface area (Å²) < 4.78 is 19.2. The summed E-state index contributed by atoms with van der Waals surface area (Å²) in [5, 5.41) is 0. The number of hydrogen-bond donors (Lipinski definition) is 0. The van der Waals surface area contributed by atoms with E-state index in [4.69, 9.17) is 4.74 Å². The Kier molecular flexibility index (Phi) is 2.58. The molecular weight excluding hydrogens is 203 g/mol. The Bertz CT molecular complexity index is 365. The number of fused-ring (bicyclic) bond motifs is 2. The summed E-state index contributed by atoms with van der Waals surface area (Å²) in [5.41, 5.74) is 0. The van der Waals surface area contributed by atoms with Gasteiger partial charge in [0.15, 0.2) is 11.6 Å². The lowest BCUT2D eigenvalue weighted by Crippen LogP contribution is -2.26. The molecule has 2 bridgehead atoms. The monoisotopic (exact) mass is 220 g/mol. The summed E-state index contributed by atoms with van der Waals surface area (Å²) >= 11 is 0. The lowest BCUT2D eigenvalue weighted by atomic mass is 9.87. The van der Waals surface area contributed by atoms with E-state index in [-0.39, 0.29) is 11.9 Å². The molecule has 0 amide bonds. The van der Waals surface area contributed by atoms with Crippen molar-refractivity contribution in [2.75, 3.05) is 0 Å². The highest BCUT2D eigenvalue weighted by Crippen LogP contribution is 2.43. The highest BCUT2D eigenvalue weighted by molar-refractivity contribution is 5.24. The van der Waals surface area contributed by atoms with Crippen LogP contribution < -0.4 is 4.74 Å². The number of benzene rings is 1. The molecule has 0 heterocycles. The predicted octanol–water partition coefficient (Wildman–Crippen LogP) is 3.78. The molecule has 86 valence electrons. The van der Waals surface area contributed by atoms with E-state index in [0.717, 1.165) is 24.7 Å². The molecule has 0 aromatic heterocycles. The second-order valence-corrected chi connectivity index (χ2v) is 5.19. The van der Waals surface area contributed by atoms with Gasteiger partial charge in [0.05, 0.1) is 6.10 Å². The normalized spacial score (nSPS) is 32.7. The molecule has 0 spiro atoms. The quantitative estimate of drug-likeness (QED) is 0.737. The van der Waals surface area contributed by atoms with Gasteiger partial charge in [0.2, 0.25) is 0 Å². The van der Waals surface area contributed by atoms with Crippen molar-refractivity contribution in [1.82, 2.24) is 0 Å². The van der Waals surface area contributed by atoms with Gasteiger partial charge in [0.1, 0.15) is 0 Å². The number of hydrogen-bond acceptors (Lipinski definition) is 1. The van der Waals surface area contributed by atoms with Crippen LogP contribution in [0.5, 0.6) is 5.75 Å². The van der Waals surface area contributed by atoms with Gasteiger partial charge in [0.25, 0.3) is 0 Å². The fraction of sp³-hybridized carbons (Fsp3) is 0.571. The first-order valence-corrected chi connectivity index (χ1v) is 6.22. The van der Waals surface area contributed by atoms with Gasteiger partial charge in [-0.25, -0.2) is 4.39 Å². The van der Waals surface area contributed by atoms with Gasteiger partial charge in [-0.05, 0) is 43.2 Å². The molecular formula is C14H17FO. The number of para-hydroxylation sites is 1. The molecule has 0 unspecified atom stereocenters. The Morgan fingerprint density at radius 2 is 1.69 bits per heavy atom. The molecule has 0 radical (unpaired) electrons. The molecule has 0 N–H and O–H groups in total. The van der Waals surface area contributed by atoms with Crippen LogP contribution in [0.1, 0.15) is 32.1 Å². The van der Waals surface area contributed by atoms with E-state index < -0.39 is 0 Å². The fourth-order valence-corrected chi connectivity index (χ4v) is 3.26. The van der Waals surface area contributed by atoms with Crippen molar-refractivity contribution in [1.29, 1.82) is 0 Å². The van der Waals surface area contributed by atoms with E-state index in [1.54, 1.807) is 12.1 Å². The van der Waals surface area contributed by atoms with Crippen LogP contribution in [0.3, 0.4) is 0 Å². The standard InChI is InChI=1S/C14H17FO/c15-13-3-1-2-4-14(13)16-12-8-10-5-6-11(7-10)9-12/h1-4,10-12H,5-9H2/t10-,11+,12+. The molecule has 1 aromatic carbocycles. The van der Waals surface area contributed by atoms with Gasteiger partial charge >= 0.3 is 0 Å². The highest BCUT2D eigenvalue weighted by atomic mass is 19.1. The number of rotatable bonds is 2. The number of halogens is 1. The molecule has 2 saturated carbocycles. The van der Waals surface area contributed by atoms with Crippen LogP contribution >= 0.6 is 0 Å². The molecule has 2 fully saturated rings. The smallest absolute Gasteiger partial charge is 0.165 e. The zero-order valence-electron chi connectivity index (χ0n) is 9.36. The van der Waals surface area contributed by atoms with Crippen molar-refractivity contribution in [2.45, 2.75) is 38.2 Å². The summed E-state index contributed by atoms with van der Waals surface area (Å²) in [4.78, 5) is 0. The van der Waals surface area contributed by atoms with Gasteiger partial charge in [-0.15, -0.1) is 0 Å². The maximum atomic E-state index is 13.4. The third-order valence-electron chi connectivity index (χ3n) is 3.97. The minimum absolute atomic E-state index is 0.236. The summed E-state index contributed by atoms with van der Waals surface area (Å²) in [6.45, 7) is 0. The molecule has 2 heteroatoms. The van der Waals surface area contributed by atoms with E-state index in [0.29, 0.717) is 5.75 Å². The van der Waals surface area contributed by atoms with Gasteiger partial charge in [-0.1, -0.05) is 25.0 Å². The fourth-order valence-electron chi connectivity index (χ4n) is 3.26. The van der Waals surface area contributed by atoms with Crippen LogP contribution in [0, 0.1) is 17.7 Å². The molecule has 1 nitrogen and oxygen atoms in total. The van der Waals surface area contributed by atoms with E-state index in [1.165, 1.54) is 25.3 Å². The molecule has 3 atom stereocenters. The first-order valence-electron chi connectivity index (χ1n) is 6.22. The third kappa shape index (κ3) is 1.93. The zero-order chi connectivity index (χ0) is 11.0. The summed E-state index contributed by atoms with van der Waals surface area (Å²) in [7, 11) is 0. The Morgan fingerprint density at radius 1 is 1.00 bits per heavy atom. The van der Waals surface area contributed by atoms with Gasteiger partial charge in [-0.3, -0.25) is 0 Å². The Labute approximate surface area is 95.6 Å². The van der Waals surface area contributed by atoms with Crippen molar-refractivity contribution in [3.8, 4) is 5.75 Å². The van der Waals surface area contributed by atoms with Crippen LogP contribution in [0.2, 0.25) is 0 Å². The lowest BCUT2D eigenvalue weighted by Gasteiger charge is -2.28. The van der Waals surface area contributed by atoms with Crippen molar-refractivity contribution >= 4 is 0 Å². The largest absolute Gasteiger partial charge is 0.487 e. The summed E-state index contributed by atoms with van der Waals surface area (Å²) in [5.74, 6) is 1.85. The second-order valence-electron chi connectivity index (χ2n) is 5.19. The topological polar surface area (TPSA) is 9.23 Å². The maximum Gasteiger partial charge on any atom is 0.165 e. The van der Waals surface area contributed by atoms with E-state index >= 15 is 0 Å². The molecule has 0 saturated heterocycles. The third-order valence-corrected chi connectivity index (χ3v) is 3.97. The molecule has 16 heavy (non-hydrogen) atoms. The minimum atomic E-state index is -0.236. The molecule has 2 aliphatic carbocycles. The summed E-state index contributed by atoms with van der Waals surface area (Å²) in [6.07, 6.45) is 6.54. The minimum Gasteiger partial charge on any atom is -0.487 e. The van der Waals surface area contributed by atoms with Crippen molar-refractivity contribution < 1.29 is 9.13 Å². The molecule has 0 aliphatic heterocycles. The average Bonchev–Trinajstić information content (AvgIpc) is 2.62. The Hall–Kier alpha value is -1.05. The first kappa shape index (κ1) is 10.1. The van der Waals surface area contributed by atoms with Crippen LogP contribution in [0.4, 0.5) is 4.39 Å².